The lowest BCUT2D eigenvalue weighted by molar-refractivity contribution is 0.411. The van der Waals surface area contributed by atoms with Gasteiger partial charge in [-0.1, -0.05) is 87.5 Å². The lowest BCUT2D eigenvalue weighted by Crippen LogP contribution is -2.10. The van der Waals surface area contributed by atoms with E-state index in [0.717, 1.165) is 38.3 Å². The van der Waals surface area contributed by atoms with Crippen LogP contribution >= 0.6 is 0 Å². The Balaban J connectivity index is 1.64. The number of furan rings is 1. The van der Waals surface area contributed by atoms with Gasteiger partial charge >= 0.3 is 0 Å². The molecule has 0 amide bonds. The standard InChI is InChI=1S/C32H27NO/c1-32(2,3)19-24-17-29(33-20-28(24)21-10-5-4-6-11-21)26-15-9-14-25-27-16-22-12-7-8-13-23(22)18-30(27)34-31(25)26/h4-18,20H,19H2,1-3H3/i19D2,20D. The first-order valence-corrected chi connectivity index (χ1v) is 11.6. The zero-order valence-electron chi connectivity index (χ0n) is 22.5. The number of hydrogen-bond donors (Lipinski definition) is 0. The number of fused-ring (bicyclic) bond motifs is 4. The molecule has 2 aromatic heterocycles. The third kappa shape index (κ3) is 3.66. The third-order valence-electron chi connectivity index (χ3n) is 6.05. The molecule has 0 saturated heterocycles. The number of benzene rings is 4. The molecule has 0 saturated carbocycles. The minimum absolute atomic E-state index is 0.0469. The first-order valence-electron chi connectivity index (χ1n) is 13.1. The normalized spacial score (nSPS) is 13.8. The molecule has 0 fully saturated rings. The topological polar surface area (TPSA) is 26.0 Å². The summed E-state index contributed by atoms with van der Waals surface area (Å²) in [6, 6.07) is 29.7. The highest BCUT2D eigenvalue weighted by Gasteiger charge is 2.19. The van der Waals surface area contributed by atoms with Crippen molar-refractivity contribution >= 4 is 32.7 Å². The van der Waals surface area contributed by atoms with Crippen LogP contribution in [0.15, 0.2) is 102 Å². The molecule has 0 N–H and O–H groups in total. The van der Waals surface area contributed by atoms with Crippen molar-refractivity contribution in [2.45, 2.75) is 27.1 Å². The van der Waals surface area contributed by atoms with E-state index in [2.05, 4.69) is 24.3 Å². The van der Waals surface area contributed by atoms with Gasteiger partial charge in [0.25, 0.3) is 0 Å². The second-order valence-electron chi connectivity index (χ2n) is 9.76. The summed E-state index contributed by atoms with van der Waals surface area (Å²) in [5.41, 5.74) is 3.81. The lowest BCUT2D eigenvalue weighted by atomic mass is 9.85. The van der Waals surface area contributed by atoms with E-state index in [4.69, 9.17) is 13.5 Å². The number of nitrogens with zero attached hydrogens (tertiary/aromatic N) is 1. The number of aromatic nitrogens is 1. The zero-order chi connectivity index (χ0) is 25.9. The molecule has 2 nitrogen and oxygen atoms in total. The van der Waals surface area contributed by atoms with Crippen LogP contribution in [-0.4, -0.2) is 4.98 Å². The van der Waals surface area contributed by atoms with E-state index in [-0.39, 0.29) is 6.17 Å². The van der Waals surface area contributed by atoms with Gasteiger partial charge < -0.3 is 4.42 Å². The van der Waals surface area contributed by atoms with Gasteiger partial charge in [-0.15, -0.1) is 0 Å². The van der Waals surface area contributed by atoms with Gasteiger partial charge in [-0.25, -0.2) is 0 Å². The van der Waals surface area contributed by atoms with Crippen molar-refractivity contribution < 1.29 is 8.53 Å². The van der Waals surface area contributed by atoms with Gasteiger partial charge in [0.2, 0.25) is 0 Å². The van der Waals surface area contributed by atoms with Crippen LogP contribution in [0, 0.1) is 5.41 Å². The summed E-state index contributed by atoms with van der Waals surface area (Å²) in [6.45, 7) is 5.66. The molecule has 0 aliphatic carbocycles. The summed E-state index contributed by atoms with van der Waals surface area (Å²) in [5, 5.41) is 4.24. The summed E-state index contributed by atoms with van der Waals surface area (Å²) >= 11 is 0. The molecule has 0 atom stereocenters. The average Bonchev–Trinajstić information content (AvgIpc) is 3.24. The van der Waals surface area contributed by atoms with Crippen LogP contribution in [0.1, 0.15) is 30.4 Å². The highest BCUT2D eigenvalue weighted by atomic mass is 16.3. The maximum atomic E-state index is 9.13. The summed E-state index contributed by atoms with van der Waals surface area (Å²) in [5.74, 6) is 0. The SMILES string of the molecule is [2H]c1nc(-c2cccc3c2oc2cc4ccccc4cc23)cc(C([2H])([2H])C(C)(C)C)c1-c1ccccc1. The minimum atomic E-state index is -1.72. The van der Waals surface area contributed by atoms with Crippen molar-refractivity contribution in [3.05, 3.63) is 103 Å². The molecular formula is C32H27NO. The summed E-state index contributed by atoms with van der Waals surface area (Å²) < 4.78 is 33.6. The first kappa shape index (κ1) is 17.6. The molecule has 0 unspecified atom stereocenters. The average molecular weight is 445 g/mol. The molecule has 6 aromatic rings. The maximum Gasteiger partial charge on any atom is 0.144 e. The van der Waals surface area contributed by atoms with Crippen molar-refractivity contribution in [2.75, 3.05) is 0 Å². The fourth-order valence-corrected chi connectivity index (χ4v) is 4.57. The van der Waals surface area contributed by atoms with E-state index in [9.17, 15) is 0 Å². The van der Waals surface area contributed by atoms with Gasteiger partial charge in [0.05, 0.1) is 7.06 Å². The Kier molecular flexibility index (Phi) is 4.05. The zero-order valence-corrected chi connectivity index (χ0v) is 19.5. The van der Waals surface area contributed by atoms with Crippen LogP contribution in [0.5, 0.6) is 0 Å². The molecule has 0 spiro atoms. The molecule has 34 heavy (non-hydrogen) atoms. The van der Waals surface area contributed by atoms with E-state index >= 15 is 0 Å². The van der Waals surface area contributed by atoms with Crippen molar-refractivity contribution in [1.29, 1.82) is 0 Å². The highest BCUT2D eigenvalue weighted by molar-refractivity contribution is 6.13. The monoisotopic (exact) mass is 444 g/mol. The van der Waals surface area contributed by atoms with E-state index < -0.39 is 11.8 Å². The van der Waals surface area contributed by atoms with E-state index in [1.165, 1.54) is 0 Å². The van der Waals surface area contributed by atoms with Crippen molar-refractivity contribution in [1.82, 2.24) is 4.98 Å². The van der Waals surface area contributed by atoms with Crippen LogP contribution in [0.25, 0.3) is 55.1 Å². The van der Waals surface area contributed by atoms with Gasteiger partial charge in [0.1, 0.15) is 11.2 Å². The summed E-state index contributed by atoms with van der Waals surface area (Å²) in [6.07, 6.45) is -1.67. The predicted molar refractivity (Wildman–Crippen MR) is 143 cm³/mol. The Labute approximate surface area is 204 Å². The van der Waals surface area contributed by atoms with Crippen LogP contribution in [-0.2, 0) is 6.37 Å². The first-order chi connectivity index (χ1) is 17.6. The molecule has 166 valence electrons. The van der Waals surface area contributed by atoms with Gasteiger partial charge in [-0.05, 0) is 58.0 Å². The van der Waals surface area contributed by atoms with Crippen LogP contribution < -0.4 is 0 Å². The summed E-state index contributed by atoms with van der Waals surface area (Å²) in [7, 11) is 0. The molecule has 4 aromatic carbocycles. The minimum Gasteiger partial charge on any atom is -0.455 e. The predicted octanol–water partition coefficient (Wildman–Crippen LogP) is 9.06. The van der Waals surface area contributed by atoms with Crippen molar-refractivity contribution in [3.8, 4) is 22.4 Å². The molecule has 0 radical (unpaired) electrons. The lowest BCUT2D eigenvalue weighted by Gasteiger charge is -2.21. The Morgan fingerprint density at radius 3 is 2.29 bits per heavy atom. The molecule has 2 heteroatoms. The van der Waals surface area contributed by atoms with E-state index in [1.807, 2.05) is 87.5 Å². The fraction of sp³-hybridized carbons (Fsp3) is 0.156. The molecular weight excluding hydrogens is 414 g/mol. The number of pyridine rings is 1. The third-order valence-corrected chi connectivity index (χ3v) is 6.05. The van der Waals surface area contributed by atoms with Crippen LogP contribution in [0.2, 0.25) is 0 Å². The molecule has 0 aliphatic heterocycles. The second-order valence-corrected chi connectivity index (χ2v) is 9.76. The van der Waals surface area contributed by atoms with E-state index in [0.29, 0.717) is 22.4 Å². The highest BCUT2D eigenvalue weighted by Crippen LogP contribution is 2.38. The Morgan fingerprint density at radius 2 is 1.53 bits per heavy atom. The molecule has 2 heterocycles. The van der Waals surface area contributed by atoms with Gasteiger partial charge in [0, 0.05) is 30.8 Å². The number of rotatable bonds is 3. The maximum absolute atomic E-state index is 9.13. The Bertz CT molecular complexity index is 1800. The van der Waals surface area contributed by atoms with E-state index in [1.54, 1.807) is 0 Å². The van der Waals surface area contributed by atoms with Crippen LogP contribution in [0.4, 0.5) is 0 Å². The number of hydrogen-bond acceptors (Lipinski definition) is 2. The largest absolute Gasteiger partial charge is 0.455 e. The molecule has 0 bridgehead atoms. The van der Waals surface area contributed by atoms with Crippen LogP contribution in [0.3, 0.4) is 0 Å². The summed E-state index contributed by atoms with van der Waals surface area (Å²) in [4.78, 5) is 4.69. The van der Waals surface area contributed by atoms with Gasteiger partial charge in [-0.3, -0.25) is 4.98 Å². The smallest absolute Gasteiger partial charge is 0.144 e. The quantitative estimate of drug-likeness (QED) is 0.272. The van der Waals surface area contributed by atoms with Crippen molar-refractivity contribution in [2.24, 2.45) is 5.41 Å². The van der Waals surface area contributed by atoms with Crippen molar-refractivity contribution in [3.63, 3.8) is 0 Å². The van der Waals surface area contributed by atoms with Gasteiger partial charge in [-0.2, -0.15) is 0 Å². The Hall–Kier alpha value is -3.91. The molecule has 6 rings (SSSR count). The number of para-hydroxylation sites is 1. The fourth-order valence-electron chi connectivity index (χ4n) is 4.57. The Morgan fingerprint density at radius 1 is 0.794 bits per heavy atom. The molecule has 0 aliphatic rings. The second kappa shape index (κ2) is 7.85. The van der Waals surface area contributed by atoms with Gasteiger partial charge in [0.15, 0.2) is 0 Å².